The molecule has 0 spiro atoms. The monoisotopic (exact) mass is 359 g/mol. The Morgan fingerprint density at radius 1 is 1.23 bits per heavy atom. The molecular formula is C18H25N5O3. The summed E-state index contributed by atoms with van der Waals surface area (Å²) in [6.07, 6.45) is 7.57. The van der Waals surface area contributed by atoms with Crippen molar-refractivity contribution in [2.75, 3.05) is 38.2 Å². The van der Waals surface area contributed by atoms with E-state index in [-0.39, 0.29) is 16.3 Å². The molecule has 2 aliphatic rings. The number of pyridine rings is 1. The van der Waals surface area contributed by atoms with Crippen LogP contribution in [0.5, 0.6) is 0 Å². The summed E-state index contributed by atoms with van der Waals surface area (Å²) < 4.78 is 7.05. The summed E-state index contributed by atoms with van der Waals surface area (Å²) in [4.78, 5) is 18.2. The molecule has 140 valence electrons. The van der Waals surface area contributed by atoms with Gasteiger partial charge in [0.25, 0.3) is 0 Å². The first kappa shape index (κ1) is 17.2. The normalized spacial score (nSPS) is 20.9. The van der Waals surface area contributed by atoms with E-state index in [0.717, 1.165) is 39.1 Å². The van der Waals surface area contributed by atoms with Gasteiger partial charge in [0.1, 0.15) is 0 Å². The lowest BCUT2D eigenvalue weighted by Crippen LogP contribution is -2.58. The van der Waals surface area contributed by atoms with E-state index in [0.29, 0.717) is 18.0 Å². The number of imidazole rings is 1. The summed E-state index contributed by atoms with van der Waals surface area (Å²) >= 11 is 0. The second kappa shape index (κ2) is 7.20. The fourth-order valence-corrected chi connectivity index (χ4v) is 4.38. The summed E-state index contributed by atoms with van der Waals surface area (Å²) in [5.41, 5.74) is 0.622. The number of aromatic nitrogens is 2. The van der Waals surface area contributed by atoms with E-state index >= 15 is 0 Å². The van der Waals surface area contributed by atoms with Gasteiger partial charge >= 0.3 is 5.82 Å². The molecule has 2 fully saturated rings. The zero-order valence-corrected chi connectivity index (χ0v) is 14.9. The predicted molar refractivity (Wildman–Crippen MR) is 98.5 cm³/mol. The Morgan fingerprint density at radius 2 is 2.00 bits per heavy atom. The summed E-state index contributed by atoms with van der Waals surface area (Å²) in [7, 11) is 0. The quantitative estimate of drug-likeness (QED) is 0.653. The van der Waals surface area contributed by atoms with E-state index < -0.39 is 0 Å². The van der Waals surface area contributed by atoms with E-state index in [9.17, 15) is 10.1 Å². The maximum atomic E-state index is 11.6. The van der Waals surface area contributed by atoms with Gasteiger partial charge in [0, 0.05) is 31.2 Å². The van der Waals surface area contributed by atoms with Crippen molar-refractivity contribution in [1.82, 2.24) is 14.3 Å². The number of nitro groups is 1. The molecule has 0 aromatic carbocycles. The zero-order chi connectivity index (χ0) is 18.0. The van der Waals surface area contributed by atoms with E-state index in [2.05, 4.69) is 15.2 Å². The van der Waals surface area contributed by atoms with Gasteiger partial charge in [0.2, 0.25) is 11.5 Å². The fraction of sp³-hybridized carbons (Fsp3) is 0.611. The minimum Gasteiger partial charge on any atom is -0.379 e. The molecule has 3 heterocycles. The van der Waals surface area contributed by atoms with Crippen LogP contribution >= 0.6 is 0 Å². The molecule has 2 aromatic heterocycles. The van der Waals surface area contributed by atoms with Gasteiger partial charge in [-0.1, -0.05) is 25.3 Å². The maximum absolute atomic E-state index is 11.6. The van der Waals surface area contributed by atoms with Crippen LogP contribution < -0.4 is 5.32 Å². The highest BCUT2D eigenvalue weighted by molar-refractivity contribution is 5.62. The molecule has 4 rings (SSSR count). The maximum Gasteiger partial charge on any atom is 0.372 e. The molecule has 1 N–H and O–H groups in total. The first-order chi connectivity index (χ1) is 12.7. The van der Waals surface area contributed by atoms with Crippen LogP contribution in [-0.2, 0) is 4.74 Å². The van der Waals surface area contributed by atoms with Gasteiger partial charge in [-0.3, -0.25) is 4.90 Å². The first-order valence-corrected chi connectivity index (χ1v) is 9.38. The van der Waals surface area contributed by atoms with E-state index in [4.69, 9.17) is 4.74 Å². The van der Waals surface area contributed by atoms with Crippen LogP contribution in [0.15, 0.2) is 24.4 Å². The van der Waals surface area contributed by atoms with Crippen LogP contribution in [-0.4, -0.2) is 57.6 Å². The average molecular weight is 359 g/mol. The molecule has 0 bridgehead atoms. The van der Waals surface area contributed by atoms with Crippen molar-refractivity contribution in [1.29, 1.82) is 0 Å². The van der Waals surface area contributed by atoms with E-state index in [1.54, 1.807) is 18.3 Å². The lowest BCUT2D eigenvalue weighted by atomic mass is 9.79. The molecule has 1 saturated carbocycles. The van der Waals surface area contributed by atoms with Gasteiger partial charge in [-0.25, -0.2) is 0 Å². The highest BCUT2D eigenvalue weighted by Gasteiger charge is 2.39. The molecule has 0 unspecified atom stereocenters. The Kier molecular flexibility index (Phi) is 4.78. The molecule has 1 aliphatic carbocycles. The second-order valence-electron chi connectivity index (χ2n) is 7.21. The second-order valence-corrected chi connectivity index (χ2v) is 7.21. The standard InChI is InChI=1S/C18H25N5O3/c24-23(25)17-16(20-15-6-2-5-9-22(15)17)19-14-18(7-3-1-4-8-18)21-10-12-26-13-11-21/h2,5-6,9,19H,1,3-4,7-8,10-14H2. The first-order valence-electron chi connectivity index (χ1n) is 9.38. The van der Waals surface area contributed by atoms with Crippen molar-refractivity contribution in [3.63, 3.8) is 0 Å². The number of ether oxygens (including phenoxy) is 1. The van der Waals surface area contributed by atoms with Gasteiger partial charge in [0.05, 0.1) is 19.4 Å². The Labute approximate surface area is 152 Å². The smallest absolute Gasteiger partial charge is 0.372 e. The third-order valence-corrected chi connectivity index (χ3v) is 5.73. The number of nitrogens with one attached hydrogen (secondary N) is 1. The molecule has 0 radical (unpaired) electrons. The molecular weight excluding hydrogens is 334 g/mol. The summed E-state index contributed by atoms with van der Waals surface area (Å²) in [5, 5.41) is 14.9. The highest BCUT2D eigenvalue weighted by Crippen LogP contribution is 2.35. The SMILES string of the molecule is O=[N+]([O-])c1c(NCC2(N3CCOCC3)CCCCC2)nc2ccccn12. The van der Waals surface area contributed by atoms with Crippen molar-refractivity contribution in [2.24, 2.45) is 0 Å². The fourth-order valence-electron chi connectivity index (χ4n) is 4.38. The van der Waals surface area contributed by atoms with Crippen LogP contribution in [0, 0.1) is 10.1 Å². The van der Waals surface area contributed by atoms with Crippen molar-refractivity contribution in [3.05, 3.63) is 34.5 Å². The van der Waals surface area contributed by atoms with Crippen LogP contribution in [0.25, 0.3) is 5.65 Å². The highest BCUT2D eigenvalue weighted by atomic mass is 16.6. The number of hydrogen-bond donors (Lipinski definition) is 1. The summed E-state index contributed by atoms with van der Waals surface area (Å²) in [6, 6.07) is 5.41. The lowest BCUT2D eigenvalue weighted by Gasteiger charge is -2.48. The van der Waals surface area contributed by atoms with Gasteiger partial charge in [-0.2, -0.15) is 9.38 Å². The van der Waals surface area contributed by atoms with Gasteiger partial charge in [0.15, 0.2) is 0 Å². The Bertz CT molecular complexity index is 778. The number of rotatable bonds is 5. The largest absolute Gasteiger partial charge is 0.379 e. The zero-order valence-electron chi connectivity index (χ0n) is 14.9. The lowest BCUT2D eigenvalue weighted by molar-refractivity contribution is -0.389. The number of anilines is 1. The van der Waals surface area contributed by atoms with E-state index in [1.165, 1.54) is 23.7 Å². The van der Waals surface area contributed by atoms with Gasteiger partial charge in [-0.15, -0.1) is 0 Å². The molecule has 8 heteroatoms. The molecule has 1 saturated heterocycles. The van der Waals surface area contributed by atoms with Crippen molar-refractivity contribution >= 4 is 17.3 Å². The minimum atomic E-state index is -0.357. The van der Waals surface area contributed by atoms with E-state index in [1.807, 2.05) is 6.07 Å². The van der Waals surface area contributed by atoms with Crippen LogP contribution in [0.1, 0.15) is 32.1 Å². The van der Waals surface area contributed by atoms with Crippen molar-refractivity contribution in [2.45, 2.75) is 37.6 Å². The third-order valence-electron chi connectivity index (χ3n) is 5.73. The molecule has 26 heavy (non-hydrogen) atoms. The van der Waals surface area contributed by atoms with Gasteiger partial charge in [-0.05, 0) is 23.8 Å². The topological polar surface area (TPSA) is 84.9 Å². The van der Waals surface area contributed by atoms with Crippen LogP contribution in [0.3, 0.4) is 0 Å². The number of morpholine rings is 1. The van der Waals surface area contributed by atoms with Crippen LogP contribution in [0.4, 0.5) is 11.6 Å². The minimum absolute atomic E-state index is 0.00790. The molecule has 0 amide bonds. The molecule has 1 aliphatic heterocycles. The Hall–Kier alpha value is -2.19. The summed E-state index contributed by atoms with van der Waals surface area (Å²) in [6.45, 7) is 4.05. The predicted octanol–water partition coefficient (Wildman–Crippen LogP) is 2.69. The molecule has 2 aromatic rings. The van der Waals surface area contributed by atoms with Crippen LogP contribution in [0.2, 0.25) is 0 Å². The van der Waals surface area contributed by atoms with Crippen molar-refractivity contribution < 1.29 is 9.66 Å². The number of hydrogen-bond acceptors (Lipinski definition) is 6. The Morgan fingerprint density at radius 3 is 2.73 bits per heavy atom. The number of fused-ring (bicyclic) bond motifs is 1. The van der Waals surface area contributed by atoms with Crippen molar-refractivity contribution in [3.8, 4) is 0 Å². The number of nitrogens with zero attached hydrogens (tertiary/aromatic N) is 4. The molecule has 8 nitrogen and oxygen atoms in total. The Balaban J connectivity index is 1.60. The molecule has 0 atom stereocenters. The summed E-state index contributed by atoms with van der Waals surface area (Å²) in [5.74, 6) is 0.368. The average Bonchev–Trinajstić information content (AvgIpc) is 3.06. The van der Waals surface area contributed by atoms with Gasteiger partial charge < -0.3 is 20.2 Å². The third kappa shape index (κ3) is 3.14.